The first-order valence-electron chi connectivity index (χ1n) is 9.88. The van der Waals surface area contributed by atoms with Gasteiger partial charge in [0.1, 0.15) is 11.6 Å². The Balaban J connectivity index is 1.49. The molecular formula is C24H24FNO3S. The summed E-state index contributed by atoms with van der Waals surface area (Å²) in [5.41, 5.74) is 4.06. The molecule has 1 unspecified atom stereocenters. The molecule has 2 aromatic carbocycles. The minimum absolute atomic E-state index is 0.00735. The molecule has 0 radical (unpaired) electrons. The van der Waals surface area contributed by atoms with Crippen molar-refractivity contribution in [1.82, 2.24) is 0 Å². The van der Waals surface area contributed by atoms with Gasteiger partial charge in [0.25, 0.3) is 0 Å². The van der Waals surface area contributed by atoms with Crippen LogP contribution in [0.2, 0.25) is 0 Å². The van der Waals surface area contributed by atoms with Gasteiger partial charge in [-0.15, -0.1) is 11.3 Å². The van der Waals surface area contributed by atoms with Gasteiger partial charge in [-0.05, 0) is 31.5 Å². The molecule has 30 heavy (non-hydrogen) atoms. The molecule has 156 valence electrons. The van der Waals surface area contributed by atoms with Crippen molar-refractivity contribution in [2.75, 3.05) is 19.0 Å². The fourth-order valence-corrected chi connectivity index (χ4v) is 4.80. The van der Waals surface area contributed by atoms with E-state index >= 15 is 4.39 Å². The third-order valence-corrected chi connectivity index (χ3v) is 6.39. The number of aryl methyl sites for hydroxylation is 2. The number of fused-ring (bicyclic) bond motifs is 1. The van der Waals surface area contributed by atoms with E-state index in [9.17, 15) is 4.79 Å². The van der Waals surface area contributed by atoms with E-state index < -0.39 is 0 Å². The van der Waals surface area contributed by atoms with Gasteiger partial charge in [-0.25, -0.2) is 4.39 Å². The van der Waals surface area contributed by atoms with Crippen LogP contribution in [-0.4, -0.2) is 19.7 Å². The highest BCUT2D eigenvalue weighted by Crippen LogP contribution is 2.38. The number of rotatable bonds is 6. The fraction of sp³-hybridized carbons (Fsp3) is 0.292. The van der Waals surface area contributed by atoms with Gasteiger partial charge in [0.2, 0.25) is 0 Å². The fourth-order valence-electron chi connectivity index (χ4n) is 3.86. The van der Waals surface area contributed by atoms with E-state index in [2.05, 4.69) is 5.32 Å². The molecule has 1 atom stereocenters. The molecule has 0 saturated heterocycles. The van der Waals surface area contributed by atoms with Crippen LogP contribution >= 0.6 is 11.3 Å². The molecule has 6 heteroatoms. The number of anilines is 1. The van der Waals surface area contributed by atoms with Gasteiger partial charge in [0, 0.05) is 50.7 Å². The highest BCUT2D eigenvalue weighted by Gasteiger charge is 2.27. The summed E-state index contributed by atoms with van der Waals surface area (Å²) in [6.45, 7) is 4.89. The highest BCUT2D eigenvalue weighted by molar-refractivity contribution is 7.12. The number of hydrogen-bond acceptors (Lipinski definition) is 5. The van der Waals surface area contributed by atoms with Gasteiger partial charge >= 0.3 is 5.97 Å². The van der Waals surface area contributed by atoms with E-state index in [4.69, 9.17) is 9.47 Å². The Labute approximate surface area is 179 Å². The van der Waals surface area contributed by atoms with Crippen LogP contribution in [0.25, 0.3) is 11.1 Å². The number of esters is 1. The van der Waals surface area contributed by atoms with Gasteiger partial charge in [-0.2, -0.15) is 0 Å². The standard InChI is InChI=1S/C24H24FNO3S/c1-14-9-21(15(2)30-14)20-6-4-5-16(24(20)25)12-26-18-7-8-19-17(10-23(27)28-3)13-29-22(19)11-18/h4-9,11,17,26H,10,12-13H2,1-3H3. The third kappa shape index (κ3) is 4.05. The molecule has 4 nitrogen and oxygen atoms in total. The van der Waals surface area contributed by atoms with Crippen molar-refractivity contribution in [2.24, 2.45) is 0 Å². The Bertz CT molecular complexity index is 1090. The zero-order valence-electron chi connectivity index (χ0n) is 17.3. The lowest BCUT2D eigenvalue weighted by atomic mass is 9.97. The van der Waals surface area contributed by atoms with Crippen molar-refractivity contribution in [3.8, 4) is 16.9 Å². The first-order chi connectivity index (χ1) is 14.5. The minimum Gasteiger partial charge on any atom is -0.493 e. The molecule has 0 aliphatic carbocycles. The lowest BCUT2D eigenvalue weighted by Gasteiger charge is -2.12. The predicted molar refractivity (Wildman–Crippen MR) is 118 cm³/mol. The number of thiophene rings is 1. The van der Waals surface area contributed by atoms with Crippen molar-refractivity contribution < 1.29 is 18.7 Å². The molecule has 3 aromatic rings. The summed E-state index contributed by atoms with van der Waals surface area (Å²) in [7, 11) is 1.39. The van der Waals surface area contributed by atoms with Crippen LogP contribution < -0.4 is 10.1 Å². The monoisotopic (exact) mass is 425 g/mol. The summed E-state index contributed by atoms with van der Waals surface area (Å²) in [6.07, 6.45) is 0.301. The van der Waals surface area contributed by atoms with Crippen molar-refractivity contribution >= 4 is 23.0 Å². The lowest BCUT2D eigenvalue weighted by molar-refractivity contribution is -0.141. The Morgan fingerprint density at radius 1 is 1.23 bits per heavy atom. The van der Waals surface area contributed by atoms with E-state index in [0.29, 0.717) is 30.7 Å². The van der Waals surface area contributed by atoms with Gasteiger partial charge in [0.15, 0.2) is 0 Å². The maximum absolute atomic E-state index is 15.2. The van der Waals surface area contributed by atoms with E-state index in [0.717, 1.165) is 27.4 Å². The number of benzene rings is 2. The van der Waals surface area contributed by atoms with E-state index in [1.807, 2.05) is 50.2 Å². The highest BCUT2D eigenvalue weighted by atomic mass is 32.1. The second kappa shape index (κ2) is 8.48. The molecule has 1 aliphatic heterocycles. The minimum atomic E-state index is -0.245. The van der Waals surface area contributed by atoms with Crippen LogP contribution in [0, 0.1) is 19.7 Å². The van der Waals surface area contributed by atoms with Crippen molar-refractivity contribution in [3.05, 3.63) is 69.2 Å². The number of carbonyl (C=O) groups is 1. The molecule has 0 amide bonds. The maximum atomic E-state index is 15.2. The largest absolute Gasteiger partial charge is 0.493 e. The third-order valence-electron chi connectivity index (χ3n) is 5.43. The molecule has 2 heterocycles. The molecule has 1 aliphatic rings. The topological polar surface area (TPSA) is 47.6 Å². The summed E-state index contributed by atoms with van der Waals surface area (Å²) in [6, 6.07) is 13.4. The van der Waals surface area contributed by atoms with Gasteiger partial charge in [0.05, 0.1) is 20.1 Å². The summed E-state index contributed by atoms with van der Waals surface area (Å²) in [5, 5.41) is 3.29. The number of halogens is 1. The van der Waals surface area contributed by atoms with Crippen LogP contribution in [-0.2, 0) is 16.1 Å². The molecule has 1 aromatic heterocycles. The second-order valence-electron chi connectivity index (χ2n) is 7.50. The Morgan fingerprint density at radius 3 is 2.80 bits per heavy atom. The number of methoxy groups -OCH3 is 1. The number of hydrogen-bond donors (Lipinski definition) is 1. The van der Waals surface area contributed by atoms with E-state index in [1.165, 1.54) is 12.0 Å². The normalized spacial score (nSPS) is 14.9. The van der Waals surface area contributed by atoms with E-state index in [-0.39, 0.29) is 17.7 Å². The average Bonchev–Trinajstić information content (AvgIpc) is 3.28. The lowest BCUT2D eigenvalue weighted by Crippen LogP contribution is -2.09. The van der Waals surface area contributed by atoms with Gasteiger partial charge < -0.3 is 14.8 Å². The summed E-state index contributed by atoms with van der Waals surface area (Å²) in [5.74, 6) is 0.326. The maximum Gasteiger partial charge on any atom is 0.306 e. The number of nitrogens with one attached hydrogen (secondary N) is 1. The Hall–Kier alpha value is -2.86. The molecule has 0 saturated carbocycles. The van der Waals surface area contributed by atoms with Gasteiger partial charge in [-0.3, -0.25) is 4.79 Å². The van der Waals surface area contributed by atoms with Crippen LogP contribution in [0.5, 0.6) is 5.75 Å². The Kier molecular flexibility index (Phi) is 5.77. The SMILES string of the molecule is COC(=O)CC1COc2cc(NCc3cccc(-c4cc(C)sc4C)c3F)ccc21. The first kappa shape index (κ1) is 20.4. The predicted octanol–water partition coefficient (Wildman–Crippen LogP) is 5.82. The Morgan fingerprint density at radius 2 is 2.07 bits per heavy atom. The second-order valence-corrected chi connectivity index (χ2v) is 8.96. The van der Waals surface area contributed by atoms with Crippen LogP contribution in [0.15, 0.2) is 42.5 Å². The summed E-state index contributed by atoms with van der Waals surface area (Å²) < 4.78 is 25.7. The summed E-state index contributed by atoms with van der Waals surface area (Å²) in [4.78, 5) is 13.9. The van der Waals surface area contributed by atoms with Gasteiger partial charge in [-0.1, -0.05) is 24.3 Å². The summed E-state index contributed by atoms with van der Waals surface area (Å²) >= 11 is 1.68. The molecular weight excluding hydrogens is 401 g/mol. The first-order valence-corrected chi connectivity index (χ1v) is 10.7. The van der Waals surface area contributed by atoms with E-state index in [1.54, 1.807) is 17.4 Å². The zero-order chi connectivity index (χ0) is 21.3. The average molecular weight is 426 g/mol. The van der Waals surface area contributed by atoms with Crippen molar-refractivity contribution in [3.63, 3.8) is 0 Å². The molecule has 1 N–H and O–H groups in total. The van der Waals surface area contributed by atoms with Crippen molar-refractivity contribution in [2.45, 2.75) is 32.7 Å². The van der Waals surface area contributed by atoms with Crippen LogP contribution in [0.1, 0.15) is 33.2 Å². The van der Waals surface area contributed by atoms with Crippen LogP contribution in [0.3, 0.4) is 0 Å². The molecule has 4 rings (SSSR count). The quantitative estimate of drug-likeness (QED) is 0.506. The molecule has 0 bridgehead atoms. The van der Waals surface area contributed by atoms with Crippen LogP contribution in [0.4, 0.5) is 10.1 Å². The smallest absolute Gasteiger partial charge is 0.306 e. The molecule has 0 spiro atoms. The number of carbonyl (C=O) groups excluding carboxylic acids is 1. The number of ether oxygens (including phenoxy) is 2. The molecule has 0 fully saturated rings. The zero-order valence-corrected chi connectivity index (χ0v) is 18.1. The van der Waals surface area contributed by atoms with Crippen molar-refractivity contribution in [1.29, 1.82) is 0 Å².